The van der Waals surface area contributed by atoms with Gasteiger partial charge in [-0.25, -0.2) is 8.42 Å². The SMILES string of the molecule is CCNC(=O)C(C)N(Cc1ccc(Cl)cc1Cl)C(=O)CN(c1cc(C)cc(C)c1)S(=O)(=O)c1ccc(C)cc1. The molecule has 1 N–H and O–H groups in total. The average Bonchev–Trinajstić information content (AvgIpc) is 2.86. The van der Waals surface area contributed by atoms with Gasteiger partial charge in [-0.1, -0.05) is 53.0 Å². The van der Waals surface area contributed by atoms with Crippen molar-refractivity contribution in [2.45, 2.75) is 52.1 Å². The molecular weight excluding hydrogens is 557 g/mol. The fraction of sp³-hybridized carbons (Fsp3) is 0.310. The summed E-state index contributed by atoms with van der Waals surface area (Å²) in [6, 6.07) is 15.8. The van der Waals surface area contributed by atoms with Crippen LogP contribution in [0.4, 0.5) is 5.69 Å². The van der Waals surface area contributed by atoms with Crippen molar-refractivity contribution in [3.8, 4) is 0 Å². The lowest BCUT2D eigenvalue weighted by Gasteiger charge is -2.32. The normalized spacial score (nSPS) is 12.1. The Bertz CT molecular complexity index is 1440. The maximum atomic E-state index is 13.9. The van der Waals surface area contributed by atoms with E-state index in [4.69, 9.17) is 23.2 Å². The van der Waals surface area contributed by atoms with E-state index in [1.165, 1.54) is 17.0 Å². The van der Waals surface area contributed by atoms with Crippen LogP contribution in [0.3, 0.4) is 0 Å². The molecule has 208 valence electrons. The quantitative estimate of drug-likeness (QED) is 0.330. The van der Waals surface area contributed by atoms with Crippen molar-refractivity contribution in [1.82, 2.24) is 10.2 Å². The zero-order chi connectivity index (χ0) is 28.9. The molecule has 0 radical (unpaired) electrons. The van der Waals surface area contributed by atoms with Gasteiger partial charge in [-0.05, 0) is 87.7 Å². The van der Waals surface area contributed by atoms with E-state index in [0.29, 0.717) is 27.8 Å². The molecule has 0 aromatic heterocycles. The lowest BCUT2D eigenvalue weighted by Crippen LogP contribution is -2.51. The number of benzene rings is 3. The molecule has 0 heterocycles. The number of hydrogen-bond acceptors (Lipinski definition) is 4. The molecule has 2 amide bonds. The lowest BCUT2D eigenvalue weighted by molar-refractivity contribution is -0.139. The summed E-state index contributed by atoms with van der Waals surface area (Å²) >= 11 is 12.4. The summed E-state index contributed by atoms with van der Waals surface area (Å²) in [6.07, 6.45) is 0. The Labute approximate surface area is 240 Å². The molecule has 0 bridgehead atoms. The minimum Gasteiger partial charge on any atom is -0.355 e. The zero-order valence-corrected chi connectivity index (χ0v) is 25.0. The first-order valence-corrected chi connectivity index (χ1v) is 14.7. The Hall–Kier alpha value is -3.07. The minimum atomic E-state index is -4.13. The molecule has 0 aliphatic rings. The Balaban J connectivity index is 2.08. The fourth-order valence-electron chi connectivity index (χ4n) is 4.20. The van der Waals surface area contributed by atoms with Gasteiger partial charge in [-0.2, -0.15) is 0 Å². The second kappa shape index (κ2) is 12.9. The van der Waals surface area contributed by atoms with Crippen LogP contribution in [0.1, 0.15) is 36.1 Å². The number of aryl methyl sites for hydroxylation is 3. The molecule has 0 saturated carbocycles. The van der Waals surface area contributed by atoms with Crippen LogP contribution in [0.5, 0.6) is 0 Å². The molecule has 3 aromatic rings. The van der Waals surface area contributed by atoms with Gasteiger partial charge in [0.25, 0.3) is 10.0 Å². The van der Waals surface area contributed by atoms with Gasteiger partial charge < -0.3 is 10.2 Å². The van der Waals surface area contributed by atoms with E-state index >= 15 is 0 Å². The van der Waals surface area contributed by atoms with Crippen molar-refractivity contribution in [3.63, 3.8) is 0 Å². The van der Waals surface area contributed by atoms with Crippen LogP contribution < -0.4 is 9.62 Å². The number of carbonyl (C=O) groups is 2. The molecule has 0 fully saturated rings. The number of likely N-dealkylation sites (N-methyl/N-ethyl adjacent to an activating group) is 1. The molecule has 3 rings (SSSR count). The number of halogens is 2. The van der Waals surface area contributed by atoms with Crippen LogP contribution in [0.2, 0.25) is 10.0 Å². The van der Waals surface area contributed by atoms with Crippen LogP contribution in [0.25, 0.3) is 0 Å². The highest BCUT2D eigenvalue weighted by atomic mass is 35.5. The van der Waals surface area contributed by atoms with Crippen LogP contribution in [0, 0.1) is 20.8 Å². The Kier molecular flexibility index (Phi) is 10.0. The third kappa shape index (κ3) is 7.53. The van der Waals surface area contributed by atoms with Crippen molar-refractivity contribution in [2.24, 2.45) is 0 Å². The summed E-state index contributed by atoms with van der Waals surface area (Å²) < 4.78 is 28.9. The van der Waals surface area contributed by atoms with Gasteiger partial charge in [0.1, 0.15) is 12.6 Å². The average molecular weight is 591 g/mol. The lowest BCUT2D eigenvalue weighted by atomic mass is 10.1. The number of carbonyl (C=O) groups excluding carboxylic acids is 2. The van der Waals surface area contributed by atoms with Crippen LogP contribution in [-0.4, -0.2) is 44.3 Å². The molecule has 3 aromatic carbocycles. The molecule has 0 saturated heterocycles. The van der Waals surface area contributed by atoms with Crippen molar-refractivity contribution >= 4 is 50.7 Å². The minimum absolute atomic E-state index is 0.0155. The molecule has 0 aliphatic carbocycles. The Morgan fingerprint density at radius 3 is 2.08 bits per heavy atom. The third-order valence-electron chi connectivity index (χ3n) is 6.26. The van der Waals surface area contributed by atoms with E-state index in [0.717, 1.165) is 21.0 Å². The summed E-state index contributed by atoms with van der Waals surface area (Å²) in [7, 11) is -4.13. The number of nitrogens with one attached hydrogen (secondary N) is 1. The highest BCUT2D eigenvalue weighted by molar-refractivity contribution is 7.92. The molecule has 0 spiro atoms. The van der Waals surface area contributed by atoms with E-state index in [1.54, 1.807) is 56.3 Å². The molecule has 7 nitrogen and oxygen atoms in total. The van der Waals surface area contributed by atoms with Gasteiger partial charge in [0.15, 0.2) is 0 Å². The van der Waals surface area contributed by atoms with Gasteiger partial charge in [-0.3, -0.25) is 13.9 Å². The summed E-state index contributed by atoms with van der Waals surface area (Å²) in [6.45, 7) is 8.81. The van der Waals surface area contributed by atoms with Gasteiger partial charge in [0.05, 0.1) is 10.6 Å². The molecule has 39 heavy (non-hydrogen) atoms. The Morgan fingerprint density at radius 2 is 1.51 bits per heavy atom. The standard InChI is InChI=1S/C29H33Cl2N3O4S/c1-6-32-29(36)22(5)33(17-23-9-10-24(30)16-27(23)31)28(35)18-34(25-14-20(3)13-21(4)15-25)39(37,38)26-11-7-19(2)8-12-26/h7-16,22H,6,17-18H2,1-5H3,(H,32,36). The van der Waals surface area contributed by atoms with Crippen LogP contribution in [-0.2, 0) is 26.2 Å². The van der Waals surface area contributed by atoms with Crippen molar-refractivity contribution < 1.29 is 18.0 Å². The Morgan fingerprint density at radius 1 is 0.897 bits per heavy atom. The third-order valence-corrected chi connectivity index (χ3v) is 8.63. The van der Waals surface area contributed by atoms with E-state index in [1.807, 2.05) is 26.8 Å². The highest BCUT2D eigenvalue weighted by Crippen LogP contribution is 2.28. The molecule has 0 aliphatic heterocycles. The number of hydrogen-bond donors (Lipinski definition) is 1. The van der Waals surface area contributed by atoms with Crippen molar-refractivity contribution in [3.05, 3.63) is 93.0 Å². The molecule has 1 unspecified atom stereocenters. The van der Waals surface area contributed by atoms with E-state index < -0.39 is 28.5 Å². The number of sulfonamides is 1. The number of amides is 2. The largest absolute Gasteiger partial charge is 0.355 e. The first kappa shape index (κ1) is 30.5. The summed E-state index contributed by atoms with van der Waals surface area (Å²) in [5.74, 6) is -0.926. The molecule has 10 heteroatoms. The van der Waals surface area contributed by atoms with Crippen molar-refractivity contribution in [1.29, 1.82) is 0 Å². The van der Waals surface area contributed by atoms with Crippen molar-refractivity contribution in [2.75, 3.05) is 17.4 Å². The fourth-order valence-corrected chi connectivity index (χ4v) is 6.06. The van der Waals surface area contributed by atoms with E-state index in [9.17, 15) is 18.0 Å². The highest BCUT2D eigenvalue weighted by Gasteiger charge is 2.33. The first-order valence-electron chi connectivity index (χ1n) is 12.5. The van der Waals surface area contributed by atoms with Gasteiger partial charge in [-0.15, -0.1) is 0 Å². The van der Waals surface area contributed by atoms with E-state index in [-0.39, 0.29) is 17.3 Å². The first-order chi connectivity index (χ1) is 18.3. The van der Waals surface area contributed by atoms with E-state index in [2.05, 4.69) is 5.32 Å². The predicted molar refractivity (Wildman–Crippen MR) is 157 cm³/mol. The monoisotopic (exact) mass is 589 g/mol. The smallest absolute Gasteiger partial charge is 0.264 e. The van der Waals surface area contributed by atoms with Crippen LogP contribution in [0.15, 0.2) is 65.6 Å². The maximum Gasteiger partial charge on any atom is 0.264 e. The van der Waals surface area contributed by atoms with Gasteiger partial charge >= 0.3 is 0 Å². The summed E-state index contributed by atoms with van der Waals surface area (Å²) in [4.78, 5) is 28.1. The topological polar surface area (TPSA) is 86.8 Å². The summed E-state index contributed by atoms with van der Waals surface area (Å²) in [5, 5.41) is 3.50. The van der Waals surface area contributed by atoms with Gasteiger partial charge in [0, 0.05) is 23.1 Å². The van der Waals surface area contributed by atoms with Gasteiger partial charge in [0.2, 0.25) is 11.8 Å². The summed E-state index contributed by atoms with van der Waals surface area (Å²) in [5.41, 5.74) is 3.54. The maximum absolute atomic E-state index is 13.9. The number of rotatable bonds is 10. The number of anilines is 1. The second-order valence-electron chi connectivity index (χ2n) is 9.50. The zero-order valence-electron chi connectivity index (χ0n) is 22.7. The van der Waals surface area contributed by atoms with Crippen LogP contribution >= 0.6 is 23.2 Å². The molecular formula is C29H33Cl2N3O4S. The predicted octanol–water partition coefficient (Wildman–Crippen LogP) is 5.67. The number of nitrogens with zero attached hydrogens (tertiary/aromatic N) is 2. The molecule has 1 atom stereocenters. The second-order valence-corrected chi connectivity index (χ2v) is 12.2.